The zero-order valence-electron chi connectivity index (χ0n) is 29.5. The van der Waals surface area contributed by atoms with E-state index < -0.39 is 12.2 Å². The van der Waals surface area contributed by atoms with Crippen LogP contribution in [-0.2, 0) is 38.1 Å². The summed E-state index contributed by atoms with van der Waals surface area (Å²) in [6.45, 7) is 6.28. The SMILES string of the molecule is CCCCCNC(=O)CCN(CCN(CCC(=O)NCCCCC)C(=O)CCNC(=O)OCCOC)C(=O)CCNC(=O)OCCOC. The van der Waals surface area contributed by atoms with Crippen molar-refractivity contribution in [3.63, 3.8) is 0 Å². The Balaban J connectivity index is 5.40. The van der Waals surface area contributed by atoms with E-state index in [0.29, 0.717) is 13.1 Å². The van der Waals surface area contributed by atoms with Gasteiger partial charge in [-0.2, -0.15) is 0 Å². The highest BCUT2D eigenvalue weighted by molar-refractivity contribution is 5.81. The lowest BCUT2D eigenvalue weighted by Crippen LogP contribution is -2.44. The second-order valence-corrected chi connectivity index (χ2v) is 11.0. The minimum Gasteiger partial charge on any atom is -0.447 e. The van der Waals surface area contributed by atoms with Crippen LogP contribution in [0.2, 0.25) is 0 Å². The van der Waals surface area contributed by atoms with E-state index in [4.69, 9.17) is 18.9 Å². The Hall–Kier alpha value is -3.66. The third-order valence-electron chi connectivity index (χ3n) is 7.03. The van der Waals surface area contributed by atoms with Crippen LogP contribution >= 0.6 is 0 Å². The molecule has 0 saturated heterocycles. The highest BCUT2D eigenvalue weighted by Crippen LogP contribution is 2.03. The van der Waals surface area contributed by atoms with Crippen LogP contribution in [0, 0.1) is 0 Å². The molecule has 16 heteroatoms. The zero-order chi connectivity index (χ0) is 35.8. The first-order chi connectivity index (χ1) is 23.2. The lowest BCUT2D eigenvalue weighted by atomic mass is 10.2. The molecule has 0 fully saturated rings. The van der Waals surface area contributed by atoms with Crippen molar-refractivity contribution in [2.45, 2.75) is 78.1 Å². The van der Waals surface area contributed by atoms with Crippen molar-refractivity contribution >= 4 is 35.8 Å². The molecule has 0 aromatic rings. The molecule has 0 saturated carbocycles. The van der Waals surface area contributed by atoms with Gasteiger partial charge in [-0.05, 0) is 12.8 Å². The summed E-state index contributed by atoms with van der Waals surface area (Å²) < 4.78 is 19.6. The second kappa shape index (κ2) is 30.7. The third-order valence-corrected chi connectivity index (χ3v) is 7.03. The van der Waals surface area contributed by atoms with E-state index in [1.165, 1.54) is 24.0 Å². The number of rotatable bonds is 29. The number of carbonyl (C=O) groups excluding carboxylic acids is 6. The first-order valence-corrected chi connectivity index (χ1v) is 17.1. The van der Waals surface area contributed by atoms with Gasteiger partial charge in [0, 0.05) is 92.3 Å². The fourth-order valence-electron chi connectivity index (χ4n) is 4.22. The van der Waals surface area contributed by atoms with E-state index in [2.05, 4.69) is 35.1 Å². The van der Waals surface area contributed by atoms with Crippen LogP contribution in [0.5, 0.6) is 0 Å². The number of methoxy groups -OCH3 is 2. The number of hydrogen-bond acceptors (Lipinski definition) is 10. The summed E-state index contributed by atoms with van der Waals surface area (Å²) in [4.78, 5) is 78.0. The Morgan fingerprint density at radius 2 is 0.875 bits per heavy atom. The number of ether oxygens (including phenoxy) is 4. The van der Waals surface area contributed by atoms with E-state index in [-0.39, 0.29) is 115 Å². The van der Waals surface area contributed by atoms with Gasteiger partial charge in [-0.3, -0.25) is 19.2 Å². The standard InChI is InChI=1S/C32H60N6O10/c1-5-7-9-15-33-27(39)13-19-37(29(41)11-17-35-31(43)47-25-23-45-3)21-22-38(20-14-28(40)34-16-10-8-6-2)30(42)12-18-36-32(44)48-26-24-46-4/h5-26H2,1-4H3,(H,33,39)(H,34,40)(H,35,43)(H,36,44). The molecule has 0 aliphatic carbocycles. The van der Waals surface area contributed by atoms with Gasteiger partial charge in [-0.1, -0.05) is 39.5 Å². The molecule has 0 spiro atoms. The Morgan fingerprint density at radius 3 is 1.23 bits per heavy atom. The fraction of sp³-hybridized carbons (Fsp3) is 0.812. The molecule has 48 heavy (non-hydrogen) atoms. The van der Waals surface area contributed by atoms with Crippen molar-refractivity contribution in [3.05, 3.63) is 0 Å². The molecule has 0 aliphatic rings. The average Bonchev–Trinajstić information content (AvgIpc) is 3.06. The van der Waals surface area contributed by atoms with Crippen molar-refractivity contribution in [2.24, 2.45) is 0 Å². The maximum atomic E-state index is 13.2. The second-order valence-electron chi connectivity index (χ2n) is 11.0. The molecule has 0 aromatic carbocycles. The Morgan fingerprint density at radius 1 is 0.479 bits per heavy atom. The lowest BCUT2D eigenvalue weighted by Gasteiger charge is -2.28. The minimum atomic E-state index is -0.682. The van der Waals surface area contributed by atoms with Gasteiger partial charge in [-0.15, -0.1) is 0 Å². The van der Waals surface area contributed by atoms with Crippen molar-refractivity contribution in [1.29, 1.82) is 0 Å². The van der Waals surface area contributed by atoms with Gasteiger partial charge in [-0.25, -0.2) is 9.59 Å². The molecule has 0 radical (unpaired) electrons. The van der Waals surface area contributed by atoms with Crippen LogP contribution in [0.4, 0.5) is 9.59 Å². The van der Waals surface area contributed by atoms with Crippen LogP contribution < -0.4 is 21.3 Å². The van der Waals surface area contributed by atoms with E-state index in [0.717, 1.165) is 38.5 Å². The van der Waals surface area contributed by atoms with Crippen molar-refractivity contribution in [3.8, 4) is 0 Å². The zero-order valence-corrected chi connectivity index (χ0v) is 29.5. The number of unbranched alkanes of at least 4 members (excludes halogenated alkanes) is 4. The van der Waals surface area contributed by atoms with Crippen molar-refractivity contribution < 1.29 is 47.7 Å². The van der Waals surface area contributed by atoms with Gasteiger partial charge in [0.05, 0.1) is 13.2 Å². The molecular formula is C32H60N6O10. The monoisotopic (exact) mass is 688 g/mol. The van der Waals surface area contributed by atoms with E-state index in [1.807, 2.05) is 0 Å². The third kappa shape index (κ3) is 25.4. The summed E-state index contributed by atoms with van der Waals surface area (Å²) in [6.07, 6.45) is 4.42. The van der Waals surface area contributed by atoms with Crippen LogP contribution in [0.15, 0.2) is 0 Å². The predicted octanol–water partition coefficient (Wildman–Crippen LogP) is 1.56. The largest absolute Gasteiger partial charge is 0.447 e. The summed E-state index contributed by atoms with van der Waals surface area (Å²) in [5.41, 5.74) is 0. The molecule has 278 valence electrons. The maximum absolute atomic E-state index is 13.2. The number of carbonyl (C=O) groups is 6. The summed E-state index contributed by atoms with van der Waals surface area (Å²) in [5, 5.41) is 10.8. The van der Waals surface area contributed by atoms with Crippen LogP contribution in [0.25, 0.3) is 0 Å². The Kier molecular flexibility index (Phi) is 28.3. The Bertz CT molecular complexity index is 852. The van der Waals surface area contributed by atoms with Gasteiger partial charge in [0.2, 0.25) is 23.6 Å². The molecule has 0 heterocycles. The molecule has 16 nitrogen and oxygen atoms in total. The smallest absolute Gasteiger partial charge is 0.407 e. The summed E-state index contributed by atoms with van der Waals surface area (Å²) in [5.74, 6) is -1.04. The summed E-state index contributed by atoms with van der Waals surface area (Å²) >= 11 is 0. The highest BCUT2D eigenvalue weighted by Gasteiger charge is 2.20. The van der Waals surface area contributed by atoms with Crippen molar-refractivity contribution in [1.82, 2.24) is 31.1 Å². The molecule has 6 amide bonds. The number of amides is 6. The predicted molar refractivity (Wildman–Crippen MR) is 179 cm³/mol. The first-order valence-electron chi connectivity index (χ1n) is 17.1. The Labute approximate surface area is 285 Å². The first kappa shape index (κ1) is 44.3. The highest BCUT2D eigenvalue weighted by atomic mass is 16.6. The molecule has 0 unspecified atom stereocenters. The minimum absolute atomic E-state index is 0.0113. The summed E-state index contributed by atoms with van der Waals surface area (Å²) in [6, 6.07) is 0. The molecule has 0 rings (SSSR count). The van der Waals surface area contributed by atoms with Gasteiger partial charge >= 0.3 is 12.2 Å². The van der Waals surface area contributed by atoms with E-state index >= 15 is 0 Å². The van der Waals surface area contributed by atoms with E-state index in [1.54, 1.807) is 0 Å². The number of hydrogen-bond donors (Lipinski definition) is 4. The van der Waals surface area contributed by atoms with Crippen LogP contribution in [0.3, 0.4) is 0 Å². The van der Waals surface area contributed by atoms with E-state index in [9.17, 15) is 28.8 Å². The van der Waals surface area contributed by atoms with Crippen LogP contribution in [0.1, 0.15) is 78.1 Å². The summed E-state index contributed by atoms with van der Waals surface area (Å²) in [7, 11) is 2.97. The molecule has 4 N–H and O–H groups in total. The normalized spacial score (nSPS) is 10.5. The molecule has 0 aromatic heterocycles. The fourth-order valence-corrected chi connectivity index (χ4v) is 4.22. The number of nitrogens with zero attached hydrogens (tertiary/aromatic N) is 2. The average molecular weight is 689 g/mol. The topological polar surface area (TPSA) is 194 Å². The molecular weight excluding hydrogens is 628 g/mol. The van der Waals surface area contributed by atoms with Gasteiger partial charge < -0.3 is 50.0 Å². The molecule has 0 atom stereocenters. The number of nitrogens with one attached hydrogen (secondary N) is 4. The lowest BCUT2D eigenvalue weighted by molar-refractivity contribution is -0.136. The molecule has 0 aliphatic heterocycles. The van der Waals surface area contributed by atoms with Crippen molar-refractivity contribution in [2.75, 3.05) is 93.0 Å². The van der Waals surface area contributed by atoms with Gasteiger partial charge in [0.15, 0.2) is 0 Å². The van der Waals surface area contributed by atoms with Gasteiger partial charge in [0.25, 0.3) is 0 Å². The quantitative estimate of drug-likeness (QED) is 0.0838. The molecule has 0 bridgehead atoms. The number of alkyl carbamates (subject to hydrolysis) is 2. The van der Waals surface area contributed by atoms with Crippen LogP contribution in [-0.4, -0.2) is 139 Å². The van der Waals surface area contributed by atoms with Gasteiger partial charge in [0.1, 0.15) is 13.2 Å². The maximum Gasteiger partial charge on any atom is 0.407 e.